The fourth-order valence-corrected chi connectivity index (χ4v) is 3.81. The van der Waals surface area contributed by atoms with Gasteiger partial charge >= 0.3 is 0 Å². The molecule has 122 valence electrons. The number of imide groups is 1. The molecule has 1 heterocycles. The maximum atomic E-state index is 12.9. The monoisotopic (exact) mass is 311 g/mol. The summed E-state index contributed by atoms with van der Waals surface area (Å²) in [7, 11) is 0. The molecule has 1 aromatic carbocycles. The Morgan fingerprint density at radius 1 is 1.13 bits per heavy atom. The van der Waals surface area contributed by atoms with E-state index < -0.39 is 0 Å². The summed E-state index contributed by atoms with van der Waals surface area (Å²) < 4.78 is 0. The van der Waals surface area contributed by atoms with Crippen molar-refractivity contribution in [2.75, 3.05) is 6.54 Å². The van der Waals surface area contributed by atoms with Crippen LogP contribution in [0.3, 0.4) is 0 Å². The van der Waals surface area contributed by atoms with Crippen LogP contribution in [-0.2, 0) is 4.79 Å². The smallest absolute Gasteiger partial charge is 0.260 e. The first-order chi connectivity index (χ1) is 11.2. The van der Waals surface area contributed by atoms with Crippen LogP contribution in [0.15, 0.2) is 42.0 Å². The van der Waals surface area contributed by atoms with Crippen molar-refractivity contribution in [2.45, 2.75) is 45.4 Å². The van der Waals surface area contributed by atoms with Crippen molar-refractivity contribution < 1.29 is 9.59 Å². The van der Waals surface area contributed by atoms with Gasteiger partial charge in [-0.2, -0.15) is 0 Å². The van der Waals surface area contributed by atoms with Crippen LogP contribution in [0, 0.1) is 11.8 Å². The van der Waals surface area contributed by atoms with Crippen LogP contribution in [0.25, 0.3) is 0 Å². The number of carbonyl (C=O) groups is 2. The Balaban J connectivity index is 1.74. The Kier molecular flexibility index (Phi) is 4.94. The molecule has 2 amide bonds. The first kappa shape index (κ1) is 16.0. The minimum atomic E-state index is -0.173. The molecule has 0 N–H and O–H groups in total. The minimum absolute atomic E-state index is 0.00979. The molecule has 1 aliphatic carbocycles. The second kappa shape index (κ2) is 7.12. The second-order valence-corrected chi connectivity index (χ2v) is 6.86. The molecule has 1 atom stereocenters. The summed E-state index contributed by atoms with van der Waals surface area (Å²) >= 11 is 0. The molecule has 1 saturated carbocycles. The molecule has 0 saturated heterocycles. The van der Waals surface area contributed by atoms with E-state index in [0.29, 0.717) is 18.0 Å². The van der Waals surface area contributed by atoms with Crippen molar-refractivity contribution in [3.63, 3.8) is 0 Å². The van der Waals surface area contributed by atoms with E-state index >= 15 is 0 Å². The summed E-state index contributed by atoms with van der Waals surface area (Å²) in [6.45, 7) is 2.44. The highest BCUT2D eigenvalue weighted by Gasteiger charge is 2.34. The van der Waals surface area contributed by atoms with Crippen LogP contribution in [0.1, 0.15) is 55.8 Å². The number of hydrogen-bond acceptors (Lipinski definition) is 2. The third-order valence-corrected chi connectivity index (χ3v) is 5.27. The molecule has 1 aromatic rings. The zero-order chi connectivity index (χ0) is 16.2. The van der Waals surface area contributed by atoms with E-state index in [1.165, 1.54) is 37.0 Å². The molecule has 1 unspecified atom stereocenters. The Bertz CT molecular complexity index is 599. The molecule has 1 fully saturated rings. The number of amides is 2. The SMILES string of the molecule is CC1=CCN(C(=O)c2ccccc2)C(=O)C1CC1CCCCC1. The topological polar surface area (TPSA) is 37.4 Å². The van der Waals surface area contributed by atoms with Gasteiger partial charge in [-0.15, -0.1) is 0 Å². The van der Waals surface area contributed by atoms with Gasteiger partial charge in [-0.05, 0) is 31.4 Å². The second-order valence-electron chi connectivity index (χ2n) is 6.86. The molecule has 0 bridgehead atoms. The summed E-state index contributed by atoms with van der Waals surface area (Å²) in [5.41, 5.74) is 1.72. The molecule has 3 heteroatoms. The quantitative estimate of drug-likeness (QED) is 0.619. The average molecular weight is 311 g/mol. The lowest BCUT2D eigenvalue weighted by molar-refractivity contribution is -0.132. The van der Waals surface area contributed by atoms with Crippen molar-refractivity contribution in [2.24, 2.45) is 11.8 Å². The maximum Gasteiger partial charge on any atom is 0.260 e. The van der Waals surface area contributed by atoms with Crippen molar-refractivity contribution in [3.8, 4) is 0 Å². The van der Waals surface area contributed by atoms with Crippen molar-refractivity contribution in [3.05, 3.63) is 47.5 Å². The highest BCUT2D eigenvalue weighted by atomic mass is 16.2. The number of rotatable bonds is 3. The Hall–Kier alpha value is -1.90. The van der Waals surface area contributed by atoms with Gasteiger partial charge in [0.1, 0.15) is 0 Å². The van der Waals surface area contributed by atoms with Gasteiger partial charge in [-0.25, -0.2) is 0 Å². The van der Waals surface area contributed by atoms with Gasteiger partial charge in [0.05, 0.1) is 5.92 Å². The van der Waals surface area contributed by atoms with Crippen LogP contribution < -0.4 is 0 Å². The predicted octanol–water partition coefficient (Wildman–Crippen LogP) is 4.20. The largest absolute Gasteiger partial charge is 0.274 e. The normalized spacial score (nSPS) is 22.8. The van der Waals surface area contributed by atoms with Crippen molar-refractivity contribution >= 4 is 11.8 Å². The number of hydrogen-bond donors (Lipinski definition) is 0. The highest BCUT2D eigenvalue weighted by Crippen LogP contribution is 2.34. The predicted molar refractivity (Wildman–Crippen MR) is 90.9 cm³/mol. The molecule has 3 nitrogen and oxygen atoms in total. The van der Waals surface area contributed by atoms with Crippen molar-refractivity contribution in [1.29, 1.82) is 0 Å². The van der Waals surface area contributed by atoms with Crippen LogP contribution in [0.4, 0.5) is 0 Å². The molecule has 23 heavy (non-hydrogen) atoms. The Morgan fingerprint density at radius 2 is 1.83 bits per heavy atom. The molecule has 2 aliphatic rings. The van der Waals surface area contributed by atoms with E-state index in [0.717, 1.165) is 12.0 Å². The van der Waals surface area contributed by atoms with E-state index in [2.05, 4.69) is 6.08 Å². The molecule has 0 radical (unpaired) electrons. The van der Waals surface area contributed by atoms with Gasteiger partial charge in [0.15, 0.2) is 0 Å². The molecule has 0 aromatic heterocycles. The fraction of sp³-hybridized carbons (Fsp3) is 0.500. The number of benzene rings is 1. The van der Waals surface area contributed by atoms with E-state index in [4.69, 9.17) is 0 Å². The van der Waals surface area contributed by atoms with Crippen molar-refractivity contribution in [1.82, 2.24) is 4.90 Å². The lowest BCUT2D eigenvalue weighted by Crippen LogP contribution is -2.44. The van der Waals surface area contributed by atoms with Crippen LogP contribution in [0.2, 0.25) is 0 Å². The van der Waals surface area contributed by atoms with Gasteiger partial charge in [-0.1, -0.05) is 62.0 Å². The van der Waals surface area contributed by atoms with E-state index in [1.54, 1.807) is 12.1 Å². The molecular weight excluding hydrogens is 286 g/mol. The highest BCUT2D eigenvalue weighted by molar-refractivity contribution is 6.06. The number of carbonyl (C=O) groups excluding carboxylic acids is 2. The standard InChI is InChI=1S/C20H25NO2/c1-15-12-13-21(19(22)17-10-6-3-7-11-17)20(23)18(15)14-16-8-4-2-5-9-16/h3,6-7,10-12,16,18H,2,4-5,8-9,13-14H2,1H3. The third kappa shape index (κ3) is 3.54. The lowest BCUT2D eigenvalue weighted by Gasteiger charge is -2.33. The maximum absolute atomic E-state index is 12.9. The number of nitrogens with zero attached hydrogens (tertiary/aromatic N) is 1. The Labute approximate surface area is 138 Å². The van der Waals surface area contributed by atoms with Gasteiger partial charge in [0.25, 0.3) is 5.91 Å². The van der Waals surface area contributed by atoms with Crippen LogP contribution >= 0.6 is 0 Å². The molecular formula is C20H25NO2. The Morgan fingerprint density at radius 3 is 2.52 bits per heavy atom. The van der Waals surface area contributed by atoms with Gasteiger partial charge in [0.2, 0.25) is 5.91 Å². The first-order valence-corrected chi connectivity index (χ1v) is 8.74. The van der Waals surface area contributed by atoms with E-state index in [9.17, 15) is 9.59 Å². The summed E-state index contributed by atoms with van der Waals surface area (Å²) in [6.07, 6.45) is 9.29. The van der Waals surface area contributed by atoms with Crippen LogP contribution in [0.5, 0.6) is 0 Å². The van der Waals surface area contributed by atoms with E-state index in [-0.39, 0.29) is 17.7 Å². The summed E-state index contributed by atoms with van der Waals surface area (Å²) in [5.74, 6) is 0.338. The van der Waals surface area contributed by atoms with Gasteiger partial charge < -0.3 is 0 Å². The van der Waals surface area contributed by atoms with E-state index in [1.807, 2.05) is 25.1 Å². The summed E-state index contributed by atoms with van der Waals surface area (Å²) in [5, 5.41) is 0. The average Bonchev–Trinajstić information content (AvgIpc) is 2.60. The first-order valence-electron chi connectivity index (χ1n) is 8.74. The fourth-order valence-electron chi connectivity index (χ4n) is 3.81. The summed E-state index contributed by atoms with van der Waals surface area (Å²) in [4.78, 5) is 26.9. The molecule has 3 rings (SSSR count). The molecule has 0 spiro atoms. The van der Waals surface area contributed by atoms with Gasteiger partial charge in [0, 0.05) is 12.1 Å². The zero-order valence-corrected chi connectivity index (χ0v) is 13.8. The zero-order valence-electron chi connectivity index (χ0n) is 13.8. The lowest BCUT2D eigenvalue weighted by atomic mass is 9.79. The molecule has 1 aliphatic heterocycles. The van der Waals surface area contributed by atoms with Gasteiger partial charge in [-0.3, -0.25) is 14.5 Å². The van der Waals surface area contributed by atoms with Crippen LogP contribution in [-0.4, -0.2) is 23.3 Å². The third-order valence-electron chi connectivity index (χ3n) is 5.27. The summed E-state index contributed by atoms with van der Waals surface area (Å²) in [6, 6.07) is 9.10. The minimum Gasteiger partial charge on any atom is -0.274 e.